The zero-order chi connectivity index (χ0) is 11.4. The summed E-state index contributed by atoms with van der Waals surface area (Å²) >= 11 is 1.90. The molecular formula is C13H19NOS. The lowest BCUT2D eigenvalue weighted by atomic mass is 10.1. The van der Waals surface area contributed by atoms with Crippen molar-refractivity contribution in [2.75, 3.05) is 18.6 Å². The second kappa shape index (κ2) is 5.48. The van der Waals surface area contributed by atoms with Crippen LogP contribution in [0.15, 0.2) is 23.1 Å². The van der Waals surface area contributed by atoms with E-state index in [0.717, 1.165) is 17.4 Å². The Balaban J connectivity index is 1.94. The van der Waals surface area contributed by atoms with Crippen LogP contribution < -0.4 is 10.5 Å². The summed E-state index contributed by atoms with van der Waals surface area (Å²) in [6.07, 6.45) is 5.61. The van der Waals surface area contributed by atoms with Crippen LogP contribution in [0.1, 0.15) is 25.7 Å². The lowest BCUT2D eigenvalue weighted by Gasteiger charge is -2.10. The maximum Gasteiger partial charge on any atom is 0.122 e. The summed E-state index contributed by atoms with van der Waals surface area (Å²) < 4.78 is 5.21. The topological polar surface area (TPSA) is 35.2 Å². The van der Waals surface area contributed by atoms with Crippen LogP contribution in [-0.2, 0) is 0 Å². The highest BCUT2D eigenvalue weighted by Crippen LogP contribution is 2.33. The molecule has 2 N–H and O–H groups in total. The van der Waals surface area contributed by atoms with Gasteiger partial charge in [-0.3, -0.25) is 0 Å². The predicted molar refractivity (Wildman–Crippen MR) is 70.1 cm³/mol. The van der Waals surface area contributed by atoms with Crippen molar-refractivity contribution in [3.63, 3.8) is 0 Å². The third-order valence-electron chi connectivity index (χ3n) is 3.10. The molecule has 0 amide bonds. The normalized spacial score (nSPS) is 16.6. The van der Waals surface area contributed by atoms with E-state index in [2.05, 4.69) is 6.07 Å². The number of hydrogen-bond donors (Lipinski definition) is 1. The highest BCUT2D eigenvalue weighted by Gasteiger charge is 2.15. The second-order valence-corrected chi connectivity index (χ2v) is 5.50. The highest BCUT2D eigenvalue weighted by molar-refractivity contribution is 7.99. The van der Waals surface area contributed by atoms with E-state index < -0.39 is 0 Å². The van der Waals surface area contributed by atoms with Crippen molar-refractivity contribution in [2.45, 2.75) is 30.6 Å². The van der Waals surface area contributed by atoms with Crippen molar-refractivity contribution in [1.82, 2.24) is 0 Å². The van der Waals surface area contributed by atoms with E-state index in [4.69, 9.17) is 10.5 Å². The zero-order valence-electron chi connectivity index (χ0n) is 9.74. The summed E-state index contributed by atoms with van der Waals surface area (Å²) in [4.78, 5) is 1.23. The second-order valence-electron chi connectivity index (χ2n) is 4.40. The Morgan fingerprint density at radius 1 is 1.31 bits per heavy atom. The van der Waals surface area contributed by atoms with Crippen LogP contribution in [0.25, 0.3) is 0 Å². The quantitative estimate of drug-likeness (QED) is 0.642. The van der Waals surface area contributed by atoms with Gasteiger partial charge in [-0.1, -0.05) is 12.8 Å². The Kier molecular flexibility index (Phi) is 3.99. The van der Waals surface area contributed by atoms with E-state index in [1.165, 1.54) is 36.3 Å². The molecule has 1 fully saturated rings. The number of methoxy groups -OCH3 is 1. The fourth-order valence-corrected chi connectivity index (χ4v) is 3.37. The highest BCUT2D eigenvalue weighted by atomic mass is 32.2. The fourth-order valence-electron chi connectivity index (χ4n) is 2.19. The Labute approximate surface area is 102 Å². The van der Waals surface area contributed by atoms with Gasteiger partial charge in [0.1, 0.15) is 5.75 Å². The number of rotatable bonds is 4. The van der Waals surface area contributed by atoms with E-state index in [1.54, 1.807) is 7.11 Å². The first kappa shape index (κ1) is 11.6. The van der Waals surface area contributed by atoms with Crippen molar-refractivity contribution in [1.29, 1.82) is 0 Å². The number of benzene rings is 1. The molecule has 0 radical (unpaired) electrons. The lowest BCUT2D eigenvalue weighted by molar-refractivity contribution is 0.414. The van der Waals surface area contributed by atoms with Crippen LogP contribution in [0.5, 0.6) is 5.75 Å². The summed E-state index contributed by atoms with van der Waals surface area (Å²) in [5.41, 5.74) is 6.61. The lowest BCUT2D eigenvalue weighted by Crippen LogP contribution is -1.96. The van der Waals surface area contributed by atoms with Gasteiger partial charge in [-0.25, -0.2) is 0 Å². The standard InChI is InChI=1S/C13H19NOS/c1-15-12-6-11(14)7-13(8-12)16-9-10-4-2-3-5-10/h6-8,10H,2-5,9,14H2,1H3. The maximum atomic E-state index is 5.83. The smallest absolute Gasteiger partial charge is 0.122 e. The molecule has 0 spiro atoms. The molecule has 0 bridgehead atoms. The largest absolute Gasteiger partial charge is 0.497 e. The number of nitrogen functional groups attached to an aromatic ring is 1. The molecule has 0 saturated heterocycles. The third kappa shape index (κ3) is 3.08. The van der Waals surface area contributed by atoms with E-state index in [-0.39, 0.29) is 0 Å². The van der Waals surface area contributed by atoms with Crippen LogP contribution >= 0.6 is 11.8 Å². The molecule has 0 aromatic heterocycles. The molecule has 2 nitrogen and oxygen atoms in total. The minimum Gasteiger partial charge on any atom is -0.497 e. The summed E-state index contributed by atoms with van der Waals surface area (Å²) in [5.74, 6) is 2.97. The molecule has 1 aromatic carbocycles. The van der Waals surface area contributed by atoms with Crippen molar-refractivity contribution in [3.05, 3.63) is 18.2 Å². The molecule has 88 valence electrons. The molecule has 3 heteroatoms. The number of hydrogen-bond acceptors (Lipinski definition) is 3. The van der Waals surface area contributed by atoms with Gasteiger partial charge in [-0.05, 0) is 30.9 Å². The first-order chi connectivity index (χ1) is 7.78. The summed E-state index contributed by atoms with van der Waals surface area (Å²) in [7, 11) is 1.68. The molecule has 0 unspecified atom stereocenters. The summed E-state index contributed by atoms with van der Waals surface area (Å²) in [6, 6.07) is 5.96. The van der Waals surface area contributed by atoms with E-state index >= 15 is 0 Å². The molecule has 0 atom stereocenters. The summed E-state index contributed by atoms with van der Waals surface area (Å²) in [5, 5.41) is 0. The average Bonchev–Trinajstić information content (AvgIpc) is 2.78. The first-order valence-corrected chi connectivity index (χ1v) is 6.84. The van der Waals surface area contributed by atoms with Crippen molar-refractivity contribution < 1.29 is 4.74 Å². The fraction of sp³-hybridized carbons (Fsp3) is 0.538. The monoisotopic (exact) mass is 237 g/mol. The molecule has 0 aliphatic heterocycles. The number of thioether (sulfide) groups is 1. The number of ether oxygens (including phenoxy) is 1. The van der Waals surface area contributed by atoms with Gasteiger partial charge in [-0.15, -0.1) is 11.8 Å². The van der Waals surface area contributed by atoms with E-state index in [0.29, 0.717) is 0 Å². The predicted octanol–water partition coefficient (Wildman–Crippen LogP) is 3.56. The van der Waals surface area contributed by atoms with Gasteiger partial charge in [0.15, 0.2) is 0 Å². The molecule has 1 saturated carbocycles. The maximum absolute atomic E-state index is 5.83. The van der Waals surface area contributed by atoms with Crippen molar-refractivity contribution >= 4 is 17.4 Å². The van der Waals surface area contributed by atoms with Gasteiger partial charge in [0.2, 0.25) is 0 Å². The Morgan fingerprint density at radius 3 is 2.75 bits per heavy atom. The summed E-state index contributed by atoms with van der Waals surface area (Å²) in [6.45, 7) is 0. The minimum absolute atomic E-state index is 0.785. The Bertz CT molecular complexity index is 348. The molecule has 0 heterocycles. The molecule has 1 aromatic rings. The zero-order valence-corrected chi connectivity index (χ0v) is 10.6. The van der Waals surface area contributed by atoms with Gasteiger partial charge >= 0.3 is 0 Å². The Morgan fingerprint density at radius 2 is 2.06 bits per heavy atom. The van der Waals surface area contributed by atoms with Crippen LogP contribution in [0.4, 0.5) is 5.69 Å². The van der Waals surface area contributed by atoms with Crippen molar-refractivity contribution in [2.24, 2.45) is 5.92 Å². The van der Waals surface area contributed by atoms with Gasteiger partial charge < -0.3 is 10.5 Å². The third-order valence-corrected chi connectivity index (χ3v) is 4.31. The van der Waals surface area contributed by atoms with Gasteiger partial charge in [0.05, 0.1) is 7.11 Å². The average molecular weight is 237 g/mol. The number of nitrogens with two attached hydrogens (primary N) is 1. The van der Waals surface area contributed by atoms with E-state index in [9.17, 15) is 0 Å². The minimum atomic E-state index is 0.785. The van der Waals surface area contributed by atoms with Gasteiger partial charge in [0.25, 0.3) is 0 Å². The molecular weight excluding hydrogens is 218 g/mol. The molecule has 1 aliphatic carbocycles. The van der Waals surface area contributed by atoms with Gasteiger partial charge in [-0.2, -0.15) is 0 Å². The Hall–Kier alpha value is -0.830. The van der Waals surface area contributed by atoms with Crippen LogP contribution in [0, 0.1) is 5.92 Å². The van der Waals surface area contributed by atoms with Crippen LogP contribution in [-0.4, -0.2) is 12.9 Å². The van der Waals surface area contributed by atoms with Gasteiger partial charge in [0, 0.05) is 22.4 Å². The van der Waals surface area contributed by atoms with Crippen LogP contribution in [0.2, 0.25) is 0 Å². The van der Waals surface area contributed by atoms with Crippen molar-refractivity contribution in [3.8, 4) is 5.75 Å². The molecule has 2 rings (SSSR count). The van der Waals surface area contributed by atoms with E-state index in [1.807, 2.05) is 23.9 Å². The first-order valence-electron chi connectivity index (χ1n) is 5.85. The number of anilines is 1. The molecule has 1 aliphatic rings. The SMILES string of the molecule is COc1cc(N)cc(SCC2CCCC2)c1. The molecule has 16 heavy (non-hydrogen) atoms. The van der Waals surface area contributed by atoms with Crippen LogP contribution in [0.3, 0.4) is 0 Å².